The lowest BCUT2D eigenvalue weighted by Gasteiger charge is -2.35. The van der Waals surface area contributed by atoms with E-state index in [9.17, 15) is 0 Å². The molecule has 2 saturated heterocycles. The normalized spacial score (nSPS) is 29.3. The molecule has 3 rings (SSSR count). The number of piperidine rings is 1. The average molecular weight is 393 g/mol. The van der Waals surface area contributed by atoms with Crippen molar-refractivity contribution in [2.75, 3.05) is 7.05 Å². The van der Waals surface area contributed by atoms with Gasteiger partial charge in [-0.15, -0.1) is 12.4 Å². The third-order valence-corrected chi connectivity index (χ3v) is 5.14. The molecule has 2 aliphatic rings. The SMILES string of the molecule is CN(Cc1ccc(I)cc1)C1CC2CCC(C1)N2.Cl. The van der Waals surface area contributed by atoms with Gasteiger partial charge in [-0.2, -0.15) is 0 Å². The largest absolute Gasteiger partial charge is 0.311 e. The van der Waals surface area contributed by atoms with Crippen LogP contribution in [0.15, 0.2) is 24.3 Å². The van der Waals surface area contributed by atoms with Crippen LogP contribution in [0.3, 0.4) is 0 Å². The highest BCUT2D eigenvalue weighted by molar-refractivity contribution is 14.1. The number of fused-ring (bicyclic) bond motifs is 2. The molecule has 1 N–H and O–H groups in total. The Morgan fingerprint density at radius 3 is 2.32 bits per heavy atom. The molecule has 1 aromatic carbocycles. The highest BCUT2D eigenvalue weighted by atomic mass is 127. The summed E-state index contributed by atoms with van der Waals surface area (Å²) in [6, 6.07) is 11.3. The van der Waals surface area contributed by atoms with E-state index in [0.717, 1.165) is 24.7 Å². The van der Waals surface area contributed by atoms with E-state index in [1.165, 1.54) is 34.8 Å². The van der Waals surface area contributed by atoms with Gasteiger partial charge in [-0.1, -0.05) is 12.1 Å². The minimum atomic E-state index is 0. The van der Waals surface area contributed by atoms with Crippen LogP contribution in [0.25, 0.3) is 0 Å². The number of hydrogen-bond acceptors (Lipinski definition) is 2. The fraction of sp³-hybridized carbons (Fsp3) is 0.600. The van der Waals surface area contributed by atoms with Crippen LogP contribution >= 0.6 is 35.0 Å². The summed E-state index contributed by atoms with van der Waals surface area (Å²) in [5, 5.41) is 3.72. The summed E-state index contributed by atoms with van der Waals surface area (Å²) in [6.45, 7) is 1.08. The molecule has 0 aliphatic carbocycles. The Kier molecular flexibility index (Phi) is 5.52. The van der Waals surface area contributed by atoms with E-state index >= 15 is 0 Å². The molecule has 2 unspecified atom stereocenters. The lowest BCUT2D eigenvalue weighted by molar-refractivity contribution is 0.166. The van der Waals surface area contributed by atoms with Gasteiger partial charge in [-0.3, -0.25) is 4.90 Å². The minimum Gasteiger partial charge on any atom is -0.311 e. The van der Waals surface area contributed by atoms with Crippen LogP contribution < -0.4 is 5.32 Å². The molecule has 2 aliphatic heterocycles. The maximum absolute atomic E-state index is 3.72. The van der Waals surface area contributed by atoms with Crippen molar-refractivity contribution in [2.24, 2.45) is 0 Å². The Bertz CT molecular complexity index is 397. The van der Waals surface area contributed by atoms with E-state index in [0.29, 0.717) is 0 Å². The van der Waals surface area contributed by atoms with Crippen molar-refractivity contribution in [1.82, 2.24) is 10.2 Å². The molecule has 2 bridgehead atoms. The van der Waals surface area contributed by atoms with E-state index in [1.54, 1.807) is 0 Å². The van der Waals surface area contributed by atoms with Gasteiger partial charge in [0.15, 0.2) is 0 Å². The van der Waals surface area contributed by atoms with Crippen molar-refractivity contribution in [1.29, 1.82) is 0 Å². The molecule has 2 atom stereocenters. The number of halogens is 2. The van der Waals surface area contributed by atoms with Crippen molar-refractivity contribution in [2.45, 2.75) is 50.4 Å². The zero-order valence-electron chi connectivity index (χ0n) is 11.3. The molecule has 0 saturated carbocycles. The molecule has 2 nitrogen and oxygen atoms in total. The first kappa shape index (κ1) is 15.5. The summed E-state index contributed by atoms with van der Waals surface area (Å²) in [5.74, 6) is 0. The minimum absolute atomic E-state index is 0. The van der Waals surface area contributed by atoms with Crippen LogP contribution in [0.1, 0.15) is 31.2 Å². The summed E-state index contributed by atoms with van der Waals surface area (Å²) < 4.78 is 1.32. The first-order valence-corrected chi connectivity index (χ1v) is 7.99. The fourth-order valence-electron chi connectivity index (χ4n) is 3.39. The molecular formula is C15H22ClIN2. The quantitative estimate of drug-likeness (QED) is 0.793. The predicted octanol–water partition coefficient (Wildman–Crippen LogP) is 3.43. The molecule has 0 radical (unpaired) electrons. The maximum Gasteiger partial charge on any atom is 0.0233 e. The van der Waals surface area contributed by atoms with E-state index < -0.39 is 0 Å². The predicted molar refractivity (Wildman–Crippen MR) is 90.8 cm³/mol. The van der Waals surface area contributed by atoms with Gasteiger partial charge in [0.05, 0.1) is 0 Å². The van der Waals surface area contributed by atoms with Gasteiger partial charge < -0.3 is 5.32 Å². The third-order valence-electron chi connectivity index (χ3n) is 4.42. The molecular weight excluding hydrogens is 371 g/mol. The number of nitrogens with zero attached hydrogens (tertiary/aromatic N) is 1. The molecule has 19 heavy (non-hydrogen) atoms. The van der Waals surface area contributed by atoms with Crippen LogP contribution in [0.4, 0.5) is 0 Å². The molecule has 0 aromatic heterocycles. The molecule has 1 aromatic rings. The topological polar surface area (TPSA) is 15.3 Å². The van der Waals surface area contributed by atoms with Crippen LogP contribution in [0.5, 0.6) is 0 Å². The van der Waals surface area contributed by atoms with Gasteiger partial charge in [0.25, 0.3) is 0 Å². The molecule has 2 fully saturated rings. The fourth-order valence-corrected chi connectivity index (χ4v) is 3.75. The van der Waals surface area contributed by atoms with Crippen LogP contribution in [0, 0.1) is 3.57 Å². The summed E-state index contributed by atoms with van der Waals surface area (Å²) in [6.07, 6.45) is 5.44. The van der Waals surface area contributed by atoms with Crippen molar-refractivity contribution in [3.05, 3.63) is 33.4 Å². The lowest BCUT2D eigenvalue weighted by Crippen LogP contribution is -2.46. The van der Waals surface area contributed by atoms with Crippen molar-refractivity contribution in [3.8, 4) is 0 Å². The lowest BCUT2D eigenvalue weighted by atomic mass is 9.98. The van der Waals surface area contributed by atoms with Crippen LogP contribution in [-0.2, 0) is 6.54 Å². The summed E-state index contributed by atoms with van der Waals surface area (Å²) >= 11 is 2.37. The molecule has 106 valence electrons. The Hall–Kier alpha value is 0.160. The van der Waals surface area contributed by atoms with Gasteiger partial charge in [0.2, 0.25) is 0 Å². The molecule has 0 amide bonds. The molecule has 2 heterocycles. The number of nitrogens with one attached hydrogen (secondary N) is 1. The highest BCUT2D eigenvalue weighted by Crippen LogP contribution is 2.29. The maximum atomic E-state index is 3.72. The Morgan fingerprint density at radius 2 is 1.74 bits per heavy atom. The van der Waals surface area contributed by atoms with E-state index in [2.05, 4.69) is 64.1 Å². The monoisotopic (exact) mass is 392 g/mol. The number of benzene rings is 1. The van der Waals surface area contributed by atoms with Gasteiger partial charge in [-0.05, 0) is 73.0 Å². The van der Waals surface area contributed by atoms with Gasteiger partial charge >= 0.3 is 0 Å². The average Bonchev–Trinajstić information content (AvgIpc) is 2.71. The summed E-state index contributed by atoms with van der Waals surface area (Å²) in [7, 11) is 2.29. The highest BCUT2D eigenvalue weighted by Gasteiger charge is 2.34. The summed E-state index contributed by atoms with van der Waals surface area (Å²) in [4.78, 5) is 2.55. The van der Waals surface area contributed by atoms with E-state index in [-0.39, 0.29) is 12.4 Å². The number of rotatable bonds is 3. The molecule has 4 heteroatoms. The first-order chi connectivity index (χ1) is 8.70. The van der Waals surface area contributed by atoms with Crippen molar-refractivity contribution >= 4 is 35.0 Å². The Labute approximate surface area is 135 Å². The molecule has 0 spiro atoms. The first-order valence-electron chi connectivity index (χ1n) is 6.91. The summed E-state index contributed by atoms with van der Waals surface area (Å²) in [5.41, 5.74) is 1.43. The smallest absolute Gasteiger partial charge is 0.0233 e. The Balaban J connectivity index is 0.00000133. The van der Waals surface area contributed by atoms with Gasteiger partial charge in [-0.25, -0.2) is 0 Å². The Morgan fingerprint density at radius 1 is 1.16 bits per heavy atom. The van der Waals surface area contributed by atoms with E-state index in [4.69, 9.17) is 0 Å². The third kappa shape index (κ3) is 3.84. The van der Waals surface area contributed by atoms with Crippen molar-refractivity contribution in [3.63, 3.8) is 0 Å². The van der Waals surface area contributed by atoms with Crippen molar-refractivity contribution < 1.29 is 0 Å². The second-order valence-corrected chi connectivity index (χ2v) is 7.05. The zero-order valence-corrected chi connectivity index (χ0v) is 14.3. The second-order valence-electron chi connectivity index (χ2n) is 5.80. The van der Waals surface area contributed by atoms with Crippen LogP contribution in [0.2, 0.25) is 0 Å². The van der Waals surface area contributed by atoms with Gasteiger partial charge in [0.1, 0.15) is 0 Å². The van der Waals surface area contributed by atoms with E-state index in [1.807, 2.05) is 0 Å². The number of hydrogen-bond donors (Lipinski definition) is 1. The second kappa shape index (κ2) is 6.74. The standard InChI is InChI=1S/C15H21IN2.ClH/c1-18(10-11-2-4-12(16)5-3-11)15-8-13-6-7-14(9-15)17-13;/h2-5,13-15,17H,6-10H2,1H3;1H. The van der Waals surface area contributed by atoms with Gasteiger partial charge in [0, 0.05) is 28.2 Å². The zero-order chi connectivity index (χ0) is 12.5. The van der Waals surface area contributed by atoms with Crippen LogP contribution in [-0.4, -0.2) is 30.1 Å².